The molecule has 0 radical (unpaired) electrons. The van der Waals surface area contributed by atoms with E-state index < -0.39 is 0 Å². The number of ether oxygens (including phenoxy) is 1. The van der Waals surface area contributed by atoms with Gasteiger partial charge in [-0.05, 0) is 24.3 Å². The molecule has 1 aliphatic carbocycles. The van der Waals surface area contributed by atoms with Crippen molar-refractivity contribution in [2.24, 2.45) is 5.92 Å². The molecule has 82 valence electrons. The largest absolute Gasteiger partial charge is 0.393 e. The lowest BCUT2D eigenvalue weighted by atomic mass is 10.1. The molecule has 1 fully saturated rings. The first-order chi connectivity index (χ1) is 7.25. The van der Waals surface area contributed by atoms with Gasteiger partial charge in [0.2, 0.25) is 0 Å². The molecule has 0 heterocycles. The molecule has 15 heavy (non-hydrogen) atoms. The highest BCUT2D eigenvalue weighted by atomic mass is 16.5. The average molecular weight is 206 g/mol. The second-order valence-electron chi connectivity index (χ2n) is 4.44. The molecule has 1 aliphatic rings. The van der Waals surface area contributed by atoms with Crippen LogP contribution in [0.2, 0.25) is 0 Å². The molecular formula is C13H18O2. The fourth-order valence-corrected chi connectivity index (χ4v) is 2.19. The van der Waals surface area contributed by atoms with E-state index in [1.165, 1.54) is 5.56 Å². The fraction of sp³-hybridized carbons (Fsp3) is 0.538. The monoisotopic (exact) mass is 206 g/mol. The Hall–Kier alpha value is -0.860. The van der Waals surface area contributed by atoms with Gasteiger partial charge in [-0.1, -0.05) is 37.3 Å². The van der Waals surface area contributed by atoms with Gasteiger partial charge in [-0.15, -0.1) is 0 Å². The summed E-state index contributed by atoms with van der Waals surface area (Å²) in [5, 5.41) is 9.49. The second kappa shape index (κ2) is 4.77. The lowest BCUT2D eigenvalue weighted by molar-refractivity contribution is 0.0157. The molecule has 1 aromatic carbocycles. The van der Waals surface area contributed by atoms with Crippen LogP contribution >= 0.6 is 0 Å². The summed E-state index contributed by atoms with van der Waals surface area (Å²) in [5.41, 5.74) is 1.20. The van der Waals surface area contributed by atoms with Crippen molar-refractivity contribution in [1.82, 2.24) is 0 Å². The molecule has 1 N–H and O–H groups in total. The van der Waals surface area contributed by atoms with E-state index in [4.69, 9.17) is 4.74 Å². The number of aliphatic hydroxyl groups excluding tert-OH is 1. The summed E-state index contributed by atoms with van der Waals surface area (Å²) in [6.07, 6.45) is 1.72. The van der Waals surface area contributed by atoms with E-state index in [9.17, 15) is 5.11 Å². The minimum absolute atomic E-state index is 0.166. The lowest BCUT2D eigenvalue weighted by Crippen LogP contribution is -2.15. The molecule has 0 bridgehead atoms. The molecule has 2 rings (SSSR count). The van der Waals surface area contributed by atoms with Gasteiger partial charge in [-0.25, -0.2) is 0 Å². The Morgan fingerprint density at radius 2 is 2.00 bits per heavy atom. The van der Waals surface area contributed by atoms with Crippen LogP contribution in [0.4, 0.5) is 0 Å². The molecule has 3 atom stereocenters. The van der Waals surface area contributed by atoms with Crippen LogP contribution in [0.15, 0.2) is 30.3 Å². The van der Waals surface area contributed by atoms with Crippen molar-refractivity contribution in [1.29, 1.82) is 0 Å². The Balaban J connectivity index is 1.84. The van der Waals surface area contributed by atoms with Gasteiger partial charge in [-0.3, -0.25) is 0 Å². The first-order valence-electron chi connectivity index (χ1n) is 5.59. The van der Waals surface area contributed by atoms with Crippen LogP contribution in [0.1, 0.15) is 25.3 Å². The predicted molar refractivity (Wildman–Crippen MR) is 59.4 cm³/mol. The number of aliphatic hydroxyl groups is 1. The molecular weight excluding hydrogens is 188 g/mol. The van der Waals surface area contributed by atoms with E-state index in [1.807, 2.05) is 18.2 Å². The van der Waals surface area contributed by atoms with Crippen LogP contribution < -0.4 is 0 Å². The molecule has 0 unspecified atom stereocenters. The van der Waals surface area contributed by atoms with Crippen LogP contribution in [-0.4, -0.2) is 17.3 Å². The molecule has 2 heteroatoms. The summed E-state index contributed by atoms with van der Waals surface area (Å²) in [7, 11) is 0. The molecule has 0 aromatic heterocycles. The Morgan fingerprint density at radius 1 is 1.27 bits per heavy atom. The van der Waals surface area contributed by atoms with Gasteiger partial charge < -0.3 is 9.84 Å². The van der Waals surface area contributed by atoms with Crippen molar-refractivity contribution in [2.75, 3.05) is 0 Å². The normalized spacial score (nSPS) is 30.7. The van der Waals surface area contributed by atoms with Gasteiger partial charge in [0.1, 0.15) is 0 Å². The van der Waals surface area contributed by atoms with Gasteiger partial charge >= 0.3 is 0 Å². The van der Waals surface area contributed by atoms with Gasteiger partial charge in [0, 0.05) is 0 Å². The molecule has 2 nitrogen and oxygen atoms in total. The summed E-state index contributed by atoms with van der Waals surface area (Å²) in [6, 6.07) is 10.2. The van der Waals surface area contributed by atoms with Gasteiger partial charge in [0.15, 0.2) is 0 Å². The standard InChI is InChI=1S/C13H18O2/c1-10-7-12(14)8-13(10)15-9-11-5-3-2-4-6-11/h2-6,10,12-14H,7-9H2,1H3/t10-,12-,13+/m1/s1. The molecule has 1 aromatic rings. The van der Waals surface area contributed by atoms with E-state index in [2.05, 4.69) is 19.1 Å². The van der Waals surface area contributed by atoms with Crippen molar-refractivity contribution in [3.05, 3.63) is 35.9 Å². The quantitative estimate of drug-likeness (QED) is 0.822. The zero-order chi connectivity index (χ0) is 10.7. The lowest BCUT2D eigenvalue weighted by Gasteiger charge is -2.15. The molecule has 0 aliphatic heterocycles. The molecule has 0 amide bonds. The van der Waals surface area contributed by atoms with Crippen molar-refractivity contribution >= 4 is 0 Å². The summed E-state index contributed by atoms with van der Waals surface area (Å²) in [4.78, 5) is 0. The van der Waals surface area contributed by atoms with Crippen LogP contribution in [0.5, 0.6) is 0 Å². The average Bonchev–Trinajstić information content (AvgIpc) is 2.56. The zero-order valence-corrected chi connectivity index (χ0v) is 9.10. The van der Waals surface area contributed by atoms with E-state index in [0.29, 0.717) is 12.5 Å². The predicted octanol–water partition coefficient (Wildman–Crippen LogP) is 2.36. The molecule has 0 saturated heterocycles. The number of rotatable bonds is 3. The molecule has 0 spiro atoms. The fourth-order valence-electron chi connectivity index (χ4n) is 2.19. The summed E-state index contributed by atoms with van der Waals surface area (Å²) in [6.45, 7) is 2.80. The van der Waals surface area contributed by atoms with Crippen LogP contribution in [-0.2, 0) is 11.3 Å². The van der Waals surface area contributed by atoms with E-state index in [-0.39, 0.29) is 12.2 Å². The maximum atomic E-state index is 9.49. The minimum Gasteiger partial charge on any atom is -0.393 e. The van der Waals surface area contributed by atoms with Crippen LogP contribution in [0, 0.1) is 5.92 Å². The number of hydrogen-bond donors (Lipinski definition) is 1. The first kappa shape index (κ1) is 10.7. The smallest absolute Gasteiger partial charge is 0.0720 e. The van der Waals surface area contributed by atoms with Crippen molar-refractivity contribution in [3.63, 3.8) is 0 Å². The third kappa shape index (κ3) is 2.80. The third-order valence-corrected chi connectivity index (χ3v) is 3.09. The summed E-state index contributed by atoms with van der Waals surface area (Å²) in [5.74, 6) is 0.476. The SMILES string of the molecule is C[C@@H]1C[C@@H](O)C[C@@H]1OCc1ccccc1. The van der Waals surface area contributed by atoms with Gasteiger partial charge in [-0.2, -0.15) is 0 Å². The Morgan fingerprint density at radius 3 is 2.60 bits per heavy atom. The maximum absolute atomic E-state index is 9.49. The van der Waals surface area contributed by atoms with E-state index in [0.717, 1.165) is 12.8 Å². The highest BCUT2D eigenvalue weighted by Crippen LogP contribution is 2.28. The second-order valence-corrected chi connectivity index (χ2v) is 4.44. The number of hydrogen-bond acceptors (Lipinski definition) is 2. The van der Waals surface area contributed by atoms with Crippen LogP contribution in [0.25, 0.3) is 0 Å². The minimum atomic E-state index is -0.166. The van der Waals surface area contributed by atoms with Crippen molar-refractivity contribution in [3.8, 4) is 0 Å². The third-order valence-electron chi connectivity index (χ3n) is 3.09. The first-order valence-corrected chi connectivity index (χ1v) is 5.59. The Kier molecular flexibility index (Phi) is 3.39. The van der Waals surface area contributed by atoms with Crippen LogP contribution in [0.3, 0.4) is 0 Å². The van der Waals surface area contributed by atoms with E-state index in [1.54, 1.807) is 0 Å². The van der Waals surface area contributed by atoms with Gasteiger partial charge in [0.05, 0.1) is 18.8 Å². The summed E-state index contributed by atoms with van der Waals surface area (Å²) < 4.78 is 5.81. The van der Waals surface area contributed by atoms with E-state index >= 15 is 0 Å². The maximum Gasteiger partial charge on any atom is 0.0720 e. The van der Waals surface area contributed by atoms with Crippen molar-refractivity contribution < 1.29 is 9.84 Å². The van der Waals surface area contributed by atoms with Gasteiger partial charge in [0.25, 0.3) is 0 Å². The Labute approximate surface area is 90.9 Å². The topological polar surface area (TPSA) is 29.5 Å². The zero-order valence-electron chi connectivity index (χ0n) is 9.10. The Bertz CT molecular complexity index is 297. The number of benzene rings is 1. The highest BCUT2D eigenvalue weighted by Gasteiger charge is 2.30. The summed E-state index contributed by atoms with van der Waals surface area (Å²) >= 11 is 0. The highest BCUT2D eigenvalue weighted by molar-refractivity contribution is 5.13. The molecule has 1 saturated carbocycles. The van der Waals surface area contributed by atoms with Crippen molar-refractivity contribution in [2.45, 2.75) is 38.6 Å².